The number of hydrogen-bond donors (Lipinski definition) is 2. The molecule has 1 aromatic carbocycles. The molecule has 1 aromatic rings. The zero-order valence-corrected chi connectivity index (χ0v) is 10.0. The smallest absolute Gasteiger partial charge is 0.320 e. The van der Waals surface area contributed by atoms with Gasteiger partial charge in [-0.1, -0.05) is 12.1 Å². The molecular weight excluding hydrogens is 288 g/mol. The highest BCUT2D eigenvalue weighted by atomic mass is 79.9. The van der Waals surface area contributed by atoms with E-state index in [2.05, 4.69) is 15.9 Å². The standard InChI is InChI=1S/C9H9BrFNO2.ClH/c10-6-3-1-2-5(8(6)11)4-7(12)9(13)14;/h1-3,7H,4,12H2,(H,13,14);1H/t7-;/m0./s1. The normalized spacial score (nSPS) is 11.7. The summed E-state index contributed by atoms with van der Waals surface area (Å²) >= 11 is 3.01. The van der Waals surface area contributed by atoms with Gasteiger partial charge in [0, 0.05) is 6.42 Å². The number of carboxylic acids is 1. The van der Waals surface area contributed by atoms with Gasteiger partial charge in [0.1, 0.15) is 11.9 Å². The average Bonchev–Trinajstić information content (AvgIpc) is 2.12. The average molecular weight is 299 g/mol. The number of benzene rings is 1. The van der Waals surface area contributed by atoms with Crippen molar-refractivity contribution in [2.24, 2.45) is 5.73 Å². The Morgan fingerprint density at radius 2 is 2.20 bits per heavy atom. The lowest BCUT2D eigenvalue weighted by Crippen LogP contribution is -2.32. The molecule has 15 heavy (non-hydrogen) atoms. The van der Waals surface area contributed by atoms with Crippen molar-refractivity contribution < 1.29 is 14.3 Å². The molecule has 0 bridgehead atoms. The van der Waals surface area contributed by atoms with E-state index in [0.29, 0.717) is 10.0 Å². The molecule has 1 atom stereocenters. The first kappa shape index (κ1) is 14.3. The molecule has 0 heterocycles. The van der Waals surface area contributed by atoms with E-state index in [1.54, 1.807) is 12.1 Å². The predicted octanol–water partition coefficient (Wildman–Crippen LogP) is 1.96. The Bertz CT molecular complexity index is 362. The SMILES string of the molecule is Cl.N[C@@H](Cc1cccc(Br)c1F)C(=O)O. The lowest BCUT2D eigenvalue weighted by atomic mass is 10.1. The van der Waals surface area contributed by atoms with Crippen molar-refractivity contribution in [2.75, 3.05) is 0 Å². The van der Waals surface area contributed by atoms with Crippen molar-refractivity contribution >= 4 is 34.3 Å². The van der Waals surface area contributed by atoms with Crippen LogP contribution in [0.25, 0.3) is 0 Å². The third-order valence-corrected chi connectivity index (χ3v) is 2.40. The van der Waals surface area contributed by atoms with E-state index in [1.165, 1.54) is 6.07 Å². The van der Waals surface area contributed by atoms with Gasteiger partial charge in [0.05, 0.1) is 4.47 Å². The van der Waals surface area contributed by atoms with Gasteiger partial charge in [-0.25, -0.2) is 4.39 Å². The zero-order chi connectivity index (χ0) is 10.7. The second-order valence-electron chi connectivity index (χ2n) is 2.86. The minimum absolute atomic E-state index is 0. The molecule has 0 aliphatic carbocycles. The third-order valence-electron chi connectivity index (χ3n) is 1.79. The van der Waals surface area contributed by atoms with Crippen molar-refractivity contribution in [3.8, 4) is 0 Å². The van der Waals surface area contributed by atoms with Crippen LogP contribution in [-0.4, -0.2) is 17.1 Å². The predicted molar refractivity (Wildman–Crippen MR) is 60.7 cm³/mol. The van der Waals surface area contributed by atoms with Crippen LogP contribution in [0.5, 0.6) is 0 Å². The van der Waals surface area contributed by atoms with Crippen LogP contribution in [0.2, 0.25) is 0 Å². The molecule has 3 nitrogen and oxygen atoms in total. The van der Waals surface area contributed by atoms with Crippen molar-refractivity contribution in [1.29, 1.82) is 0 Å². The first-order valence-corrected chi connectivity index (χ1v) is 4.73. The van der Waals surface area contributed by atoms with Gasteiger partial charge in [0.25, 0.3) is 0 Å². The number of carboxylic acid groups (broad SMARTS) is 1. The highest BCUT2D eigenvalue weighted by Gasteiger charge is 2.15. The van der Waals surface area contributed by atoms with Gasteiger partial charge < -0.3 is 10.8 Å². The van der Waals surface area contributed by atoms with Crippen LogP contribution < -0.4 is 5.73 Å². The van der Waals surface area contributed by atoms with Crippen LogP contribution in [0, 0.1) is 5.82 Å². The second kappa shape index (κ2) is 6.05. The van der Waals surface area contributed by atoms with Gasteiger partial charge in [-0.15, -0.1) is 12.4 Å². The van der Waals surface area contributed by atoms with E-state index < -0.39 is 17.8 Å². The fourth-order valence-corrected chi connectivity index (χ4v) is 1.44. The minimum Gasteiger partial charge on any atom is -0.480 e. The van der Waals surface area contributed by atoms with E-state index in [9.17, 15) is 9.18 Å². The maximum atomic E-state index is 13.3. The molecule has 0 aromatic heterocycles. The number of aliphatic carboxylic acids is 1. The Hall–Kier alpha value is -0.650. The van der Waals surface area contributed by atoms with E-state index >= 15 is 0 Å². The number of rotatable bonds is 3. The lowest BCUT2D eigenvalue weighted by molar-refractivity contribution is -0.138. The summed E-state index contributed by atoms with van der Waals surface area (Å²) in [6.07, 6.45) is -0.0133. The summed E-state index contributed by atoms with van der Waals surface area (Å²) in [5.41, 5.74) is 5.59. The third kappa shape index (κ3) is 3.77. The molecule has 0 saturated heterocycles. The van der Waals surface area contributed by atoms with Gasteiger partial charge in [-0.3, -0.25) is 4.79 Å². The molecule has 0 radical (unpaired) electrons. The van der Waals surface area contributed by atoms with Crippen LogP contribution in [0.3, 0.4) is 0 Å². The summed E-state index contributed by atoms with van der Waals surface area (Å²) in [5.74, 6) is -1.59. The van der Waals surface area contributed by atoms with Crippen molar-refractivity contribution in [2.45, 2.75) is 12.5 Å². The Labute approximate surface area is 101 Å². The lowest BCUT2D eigenvalue weighted by Gasteiger charge is -2.07. The molecule has 0 fully saturated rings. The van der Waals surface area contributed by atoms with Gasteiger partial charge in [-0.2, -0.15) is 0 Å². The molecule has 1 rings (SSSR count). The molecule has 6 heteroatoms. The van der Waals surface area contributed by atoms with Crippen LogP contribution in [0.1, 0.15) is 5.56 Å². The maximum absolute atomic E-state index is 13.3. The highest BCUT2D eigenvalue weighted by Crippen LogP contribution is 2.19. The van der Waals surface area contributed by atoms with E-state index in [-0.39, 0.29) is 18.8 Å². The molecule has 84 valence electrons. The molecule has 0 aliphatic heterocycles. The number of nitrogens with two attached hydrogens (primary N) is 1. The summed E-state index contributed by atoms with van der Waals surface area (Å²) in [4.78, 5) is 10.4. The molecule has 0 amide bonds. The van der Waals surface area contributed by atoms with Gasteiger partial charge in [0.15, 0.2) is 0 Å². The molecular formula is C9H10BrClFNO2. The largest absolute Gasteiger partial charge is 0.480 e. The minimum atomic E-state index is -1.13. The van der Waals surface area contributed by atoms with Crippen LogP contribution in [-0.2, 0) is 11.2 Å². The highest BCUT2D eigenvalue weighted by molar-refractivity contribution is 9.10. The zero-order valence-electron chi connectivity index (χ0n) is 7.61. The first-order valence-electron chi connectivity index (χ1n) is 3.93. The topological polar surface area (TPSA) is 63.3 Å². The fraction of sp³-hybridized carbons (Fsp3) is 0.222. The molecule has 0 aliphatic rings. The number of carbonyl (C=O) groups is 1. The number of halogens is 3. The molecule has 3 N–H and O–H groups in total. The van der Waals surface area contributed by atoms with Crippen LogP contribution in [0.4, 0.5) is 4.39 Å². The summed E-state index contributed by atoms with van der Waals surface area (Å²) in [6, 6.07) is 3.63. The molecule has 0 spiro atoms. The molecule has 0 unspecified atom stereocenters. The van der Waals surface area contributed by atoms with Gasteiger partial charge in [-0.05, 0) is 27.6 Å². The molecule has 0 saturated carbocycles. The number of hydrogen-bond acceptors (Lipinski definition) is 2. The Balaban J connectivity index is 0.00000196. The summed E-state index contributed by atoms with van der Waals surface area (Å²) in [5, 5.41) is 8.54. The quantitative estimate of drug-likeness (QED) is 0.896. The second-order valence-corrected chi connectivity index (χ2v) is 3.72. The summed E-state index contributed by atoms with van der Waals surface area (Å²) in [7, 11) is 0. The van der Waals surface area contributed by atoms with Gasteiger partial charge in [0.2, 0.25) is 0 Å². The Kier molecular flexibility index (Phi) is 5.79. The maximum Gasteiger partial charge on any atom is 0.320 e. The Morgan fingerprint density at radius 3 is 2.73 bits per heavy atom. The van der Waals surface area contributed by atoms with Gasteiger partial charge >= 0.3 is 5.97 Å². The fourth-order valence-electron chi connectivity index (χ4n) is 1.03. The van der Waals surface area contributed by atoms with E-state index in [0.717, 1.165) is 0 Å². The van der Waals surface area contributed by atoms with E-state index in [4.69, 9.17) is 10.8 Å². The monoisotopic (exact) mass is 297 g/mol. The van der Waals surface area contributed by atoms with Crippen LogP contribution >= 0.6 is 28.3 Å². The first-order chi connectivity index (χ1) is 6.52. The summed E-state index contributed by atoms with van der Waals surface area (Å²) < 4.78 is 13.6. The van der Waals surface area contributed by atoms with Crippen molar-refractivity contribution in [1.82, 2.24) is 0 Å². The van der Waals surface area contributed by atoms with E-state index in [1.807, 2.05) is 0 Å². The van der Waals surface area contributed by atoms with Crippen molar-refractivity contribution in [3.05, 3.63) is 34.1 Å². The summed E-state index contributed by atoms with van der Waals surface area (Å²) in [6.45, 7) is 0. The van der Waals surface area contributed by atoms with Crippen LogP contribution in [0.15, 0.2) is 22.7 Å². The Morgan fingerprint density at radius 1 is 1.60 bits per heavy atom. The van der Waals surface area contributed by atoms with Crippen molar-refractivity contribution in [3.63, 3.8) is 0 Å².